The Bertz CT molecular complexity index is 611. The first-order valence-electron chi connectivity index (χ1n) is 6.85. The van der Waals surface area contributed by atoms with Gasteiger partial charge in [-0.25, -0.2) is 0 Å². The average molecular weight is 291 g/mol. The topological polar surface area (TPSA) is 91.6 Å². The van der Waals surface area contributed by atoms with Crippen LogP contribution in [0.1, 0.15) is 6.92 Å². The lowest BCUT2D eigenvalue weighted by Crippen LogP contribution is -2.44. The fourth-order valence-electron chi connectivity index (χ4n) is 2.13. The number of hydrogen-bond acceptors (Lipinski definition) is 4. The van der Waals surface area contributed by atoms with E-state index in [2.05, 4.69) is 4.98 Å². The van der Waals surface area contributed by atoms with E-state index in [1.165, 1.54) is 0 Å². The van der Waals surface area contributed by atoms with Gasteiger partial charge in [0, 0.05) is 23.6 Å². The molecule has 0 saturated carbocycles. The molecule has 6 nitrogen and oxygen atoms in total. The zero-order valence-corrected chi connectivity index (χ0v) is 12.2. The summed E-state index contributed by atoms with van der Waals surface area (Å²) in [6.07, 6.45) is 1.14. The predicted molar refractivity (Wildman–Crippen MR) is 81.1 cm³/mol. The van der Waals surface area contributed by atoms with Crippen LogP contribution in [0.2, 0.25) is 0 Å². The molecule has 0 spiro atoms. The van der Waals surface area contributed by atoms with Gasteiger partial charge in [-0.05, 0) is 32.2 Å². The van der Waals surface area contributed by atoms with Crippen LogP contribution in [0.3, 0.4) is 0 Å². The van der Waals surface area contributed by atoms with Crippen LogP contribution in [-0.4, -0.2) is 53.2 Å². The van der Waals surface area contributed by atoms with Gasteiger partial charge in [-0.3, -0.25) is 9.69 Å². The minimum atomic E-state index is -0.703. The number of benzene rings is 1. The normalized spacial score (nSPS) is 14.3. The molecule has 0 aliphatic carbocycles. The van der Waals surface area contributed by atoms with Crippen molar-refractivity contribution in [3.63, 3.8) is 0 Å². The molecule has 0 bridgehead atoms. The molecular weight excluding hydrogens is 270 g/mol. The molecule has 2 atom stereocenters. The second kappa shape index (κ2) is 6.60. The van der Waals surface area contributed by atoms with Crippen molar-refractivity contribution >= 4 is 16.8 Å². The highest BCUT2D eigenvalue weighted by Crippen LogP contribution is 2.24. The monoisotopic (exact) mass is 291 g/mol. The van der Waals surface area contributed by atoms with Gasteiger partial charge in [0.1, 0.15) is 18.5 Å². The summed E-state index contributed by atoms with van der Waals surface area (Å²) in [5.41, 5.74) is 6.22. The van der Waals surface area contributed by atoms with Gasteiger partial charge in [-0.1, -0.05) is 6.07 Å². The van der Waals surface area contributed by atoms with Crippen molar-refractivity contribution < 1.29 is 14.6 Å². The number of primary amides is 1. The smallest absolute Gasteiger partial charge is 0.234 e. The number of amides is 1. The Kier molecular flexibility index (Phi) is 4.82. The molecule has 2 aromatic rings. The van der Waals surface area contributed by atoms with Crippen LogP contribution in [0.4, 0.5) is 0 Å². The lowest BCUT2D eigenvalue weighted by atomic mass is 10.2. The minimum absolute atomic E-state index is 0.153. The molecule has 0 radical (unpaired) electrons. The van der Waals surface area contributed by atoms with Crippen molar-refractivity contribution in [3.8, 4) is 5.75 Å². The maximum Gasteiger partial charge on any atom is 0.234 e. The number of H-pyrrole nitrogens is 1. The van der Waals surface area contributed by atoms with Crippen molar-refractivity contribution in [1.29, 1.82) is 0 Å². The zero-order valence-electron chi connectivity index (χ0n) is 12.2. The summed E-state index contributed by atoms with van der Waals surface area (Å²) >= 11 is 0. The molecule has 1 amide bonds. The maximum absolute atomic E-state index is 11.1. The number of ether oxygens (including phenoxy) is 1. The summed E-state index contributed by atoms with van der Waals surface area (Å²) < 4.78 is 5.67. The molecule has 6 heteroatoms. The van der Waals surface area contributed by atoms with E-state index in [1.807, 2.05) is 30.5 Å². The first-order valence-corrected chi connectivity index (χ1v) is 6.85. The van der Waals surface area contributed by atoms with E-state index in [1.54, 1.807) is 18.9 Å². The number of carbonyl (C=O) groups is 1. The fraction of sp³-hybridized carbons (Fsp3) is 0.400. The number of likely N-dealkylation sites (N-methyl/N-ethyl adjacent to an activating group) is 1. The molecule has 114 valence electrons. The summed E-state index contributed by atoms with van der Waals surface area (Å²) in [7, 11) is 1.74. The van der Waals surface area contributed by atoms with Gasteiger partial charge in [0.2, 0.25) is 5.91 Å². The molecule has 0 aliphatic rings. The van der Waals surface area contributed by atoms with Gasteiger partial charge in [0.05, 0.1) is 6.04 Å². The Morgan fingerprint density at radius 1 is 1.48 bits per heavy atom. The molecule has 1 heterocycles. The molecule has 1 aromatic carbocycles. The van der Waals surface area contributed by atoms with E-state index < -0.39 is 18.1 Å². The summed E-state index contributed by atoms with van der Waals surface area (Å²) in [6.45, 7) is 2.17. The third-order valence-corrected chi connectivity index (χ3v) is 3.56. The van der Waals surface area contributed by atoms with E-state index in [9.17, 15) is 9.90 Å². The van der Waals surface area contributed by atoms with Gasteiger partial charge < -0.3 is 20.6 Å². The Hall–Kier alpha value is -2.05. The number of nitrogens with one attached hydrogen (secondary N) is 1. The predicted octanol–water partition coefficient (Wildman–Crippen LogP) is 0.713. The molecule has 0 saturated heterocycles. The van der Waals surface area contributed by atoms with Gasteiger partial charge in [-0.15, -0.1) is 0 Å². The largest absolute Gasteiger partial charge is 0.490 e. The Morgan fingerprint density at radius 2 is 2.24 bits per heavy atom. The van der Waals surface area contributed by atoms with Gasteiger partial charge in [-0.2, -0.15) is 0 Å². The minimum Gasteiger partial charge on any atom is -0.490 e. The Morgan fingerprint density at radius 3 is 2.95 bits per heavy atom. The number of carbonyl (C=O) groups excluding carboxylic acids is 1. The number of aromatic amines is 1. The van der Waals surface area contributed by atoms with Gasteiger partial charge in [0.15, 0.2) is 0 Å². The molecule has 4 N–H and O–H groups in total. The molecular formula is C15H21N3O3. The van der Waals surface area contributed by atoms with Crippen LogP contribution in [0.15, 0.2) is 30.5 Å². The van der Waals surface area contributed by atoms with Crippen LogP contribution >= 0.6 is 0 Å². The highest BCUT2D eigenvalue weighted by Gasteiger charge is 2.18. The highest BCUT2D eigenvalue weighted by molar-refractivity contribution is 5.85. The SMILES string of the molecule is C[C@H](C(N)=O)N(C)CC(O)COc1cccc2[nH]ccc12. The van der Waals surface area contributed by atoms with Crippen molar-refractivity contribution in [2.45, 2.75) is 19.1 Å². The number of rotatable bonds is 7. The van der Waals surface area contributed by atoms with Gasteiger partial charge in [0.25, 0.3) is 0 Å². The maximum atomic E-state index is 11.1. The van der Waals surface area contributed by atoms with E-state index >= 15 is 0 Å². The van der Waals surface area contributed by atoms with Crippen LogP contribution in [-0.2, 0) is 4.79 Å². The van der Waals surface area contributed by atoms with Crippen LogP contribution in [0.5, 0.6) is 5.75 Å². The number of nitrogens with zero attached hydrogens (tertiary/aromatic N) is 1. The zero-order chi connectivity index (χ0) is 15.4. The molecule has 1 unspecified atom stereocenters. The van der Waals surface area contributed by atoms with E-state index in [4.69, 9.17) is 10.5 Å². The van der Waals surface area contributed by atoms with E-state index in [0.29, 0.717) is 6.54 Å². The molecule has 0 aliphatic heterocycles. The Labute approximate surface area is 123 Å². The van der Waals surface area contributed by atoms with E-state index in [-0.39, 0.29) is 6.61 Å². The van der Waals surface area contributed by atoms with Crippen LogP contribution < -0.4 is 10.5 Å². The molecule has 0 fully saturated rings. The quantitative estimate of drug-likeness (QED) is 0.700. The molecule has 1 aromatic heterocycles. The van der Waals surface area contributed by atoms with Crippen LogP contribution in [0.25, 0.3) is 10.9 Å². The lowest BCUT2D eigenvalue weighted by Gasteiger charge is -2.24. The number of nitrogens with two attached hydrogens (primary N) is 1. The number of hydrogen-bond donors (Lipinski definition) is 3. The van der Waals surface area contributed by atoms with Crippen molar-refractivity contribution in [2.24, 2.45) is 5.73 Å². The Balaban J connectivity index is 1.91. The third kappa shape index (κ3) is 3.74. The summed E-state index contributed by atoms with van der Waals surface area (Å²) in [5, 5.41) is 11.0. The summed E-state index contributed by atoms with van der Waals surface area (Å²) in [6, 6.07) is 7.22. The number of aromatic nitrogens is 1. The van der Waals surface area contributed by atoms with Crippen molar-refractivity contribution in [3.05, 3.63) is 30.5 Å². The second-order valence-electron chi connectivity index (χ2n) is 5.18. The second-order valence-corrected chi connectivity index (χ2v) is 5.18. The number of fused-ring (bicyclic) bond motifs is 1. The number of aliphatic hydroxyl groups excluding tert-OH is 1. The standard InChI is InChI=1S/C15H21N3O3/c1-10(15(16)20)18(2)8-11(19)9-21-14-5-3-4-13-12(14)6-7-17-13/h3-7,10-11,17,19H,8-9H2,1-2H3,(H2,16,20)/t10-,11?/m1/s1. The average Bonchev–Trinajstić information content (AvgIpc) is 2.92. The van der Waals surface area contributed by atoms with E-state index in [0.717, 1.165) is 16.7 Å². The van der Waals surface area contributed by atoms with Crippen molar-refractivity contribution in [2.75, 3.05) is 20.2 Å². The number of aliphatic hydroxyl groups is 1. The lowest BCUT2D eigenvalue weighted by molar-refractivity contribution is -0.122. The highest BCUT2D eigenvalue weighted by atomic mass is 16.5. The summed E-state index contributed by atoms with van der Waals surface area (Å²) in [4.78, 5) is 15.9. The van der Waals surface area contributed by atoms with Crippen LogP contribution in [0, 0.1) is 0 Å². The van der Waals surface area contributed by atoms with Gasteiger partial charge >= 0.3 is 0 Å². The first kappa shape index (κ1) is 15.3. The van der Waals surface area contributed by atoms with Crippen molar-refractivity contribution in [1.82, 2.24) is 9.88 Å². The summed E-state index contributed by atoms with van der Waals surface area (Å²) in [5.74, 6) is 0.307. The molecule has 21 heavy (non-hydrogen) atoms. The molecule has 2 rings (SSSR count). The fourth-order valence-corrected chi connectivity index (χ4v) is 2.13. The third-order valence-electron chi connectivity index (χ3n) is 3.56. The first-order chi connectivity index (χ1) is 9.99.